The monoisotopic (exact) mass is 602 g/mol. The minimum Gasteiger partial charge on any atom is -0.443 e. The Balaban J connectivity index is 1.45. The average molecular weight is 603 g/mol. The van der Waals surface area contributed by atoms with Gasteiger partial charge in [0.1, 0.15) is 11.4 Å². The van der Waals surface area contributed by atoms with Gasteiger partial charge in [-0.3, -0.25) is 9.69 Å². The molecule has 0 radical (unpaired) electrons. The normalized spacial score (nSPS) is 15.7. The summed E-state index contributed by atoms with van der Waals surface area (Å²) in [6.45, 7) is 8.41. The number of ether oxygens (including phenoxy) is 1. The Morgan fingerprint density at radius 1 is 1.02 bits per heavy atom. The molecule has 4 heterocycles. The Morgan fingerprint density at radius 2 is 1.81 bits per heavy atom. The molecule has 1 N–H and O–H groups in total. The van der Waals surface area contributed by atoms with Crippen LogP contribution in [0.3, 0.4) is 0 Å². The fourth-order valence-electron chi connectivity index (χ4n) is 5.71. The van der Waals surface area contributed by atoms with Gasteiger partial charge in [0, 0.05) is 35.8 Å². The van der Waals surface area contributed by atoms with E-state index in [1.165, 1.54) is 42.2 Å². The maximum atomic E-state index is 13.6. The van der Waals surface area contributed by atoms with Gasteiger partial charge in [-0.25, -0.2) is 14.3 Å². The second-order valence-corrected chi connectivity index (χ2v) is 13.4. The van der Waals surface area contributed by atoms with E-state index in [1.807, 2.05) is 18.2 Å². The number of carbonyl (C=O) groups excluding carboxylic acids is 2. The second kappa shape index (κ2) is 11.1. The third-order valence-electron chi connectivity index (χ3n) is 7.59. The molecule has 0 atom stereocenters. The predicted octanol–water partition coefficient (Wildman–Crippen LogP) is 5.48. The number of nitrogens with one attached hydrogen (secondary N) is 1. The van der Waals surface area contributed by atoms with Crippen molar-refractivity contribution in [3.8, 4) is 17.0 Å². The van der Waals surface area contributed by atoms with Gasteiger partial charge in [-0.2, -0.15) is 8.42 Å². The van der Waals surface area contributed by atoms with Crippen LogP contribution in [0.4, 0.5) is 4.79 Å². The van der Waals surface area contributed by atoms with Crippen LogP contribution in [0.2, 0.25) is 0 Å². The third-order valence-corrected chi connectivity index (χ3v) is 8.74. The molecule has 11 heteroatoms. The highest BCUT2D eigenvalue weighted by molar-refractivity contribution is 7.87. The number of carbonyl (C=O) groups is 2. The predicted molar refractivity (Wildman–Crippen MR) is 161 cm³/mol. The smallest absolute Gasteiger partial charge is 0.419 e. The summed E-state index contributed by atoms with van der Waals surface area (Å²) in [7, 11) is -4.24. The van der Waals surface area contributed by atoms with Gasteiger partial charge >= 0.3 is 16.2 Å². The first kappa shape index (κ1) is 28.9. The van der Waals surface area contributed by atoms with E-state index in [2.05, 4.69) is 21.3 Å². The van der Waals surface area contributed by atoms with Crippen molar-refractivity contribution in [3.63, 3.8) is 0 Å². The number of rotatable bonds is 6. The minimum atomic E-state index is -4.24. The first-order chi connectivity index (χ1) is 20.5. The molecule has 10 nitrogen and oxygen atoms in total. The number of hydrogen-bond donors (Lipinski definition) is 1. The fraction of sp³-hybridized carbons (Fsp3) is 0.344. The third kappa shape index (κ3) is 5.87. The van der Waals surface area contributed by atoms with E-state index >= 15 is 0 Å². The summed E-state index contributed by atoms with van der Waals surface area (Å²) in [5.74, 6) is -0.371. The number of likely N-dealkylation sites (tertiary alicyclic amines) is 1. The topological polar surface area (TPSA) is 120 Å². The van der Waals surface area contributed by atoms with Gasteiger partial charge < -0.3 is 14.2 Å². The van der Waals surface area contributed by atoms with E-state index in [-0.39, 0.29) is 22.9 Å². The van der Waals surface area contributed by atoms with Crippen molar-refractivity contribution >= 4 is 33.0 Å². The minimum absolute atomic E-state index is 0.0199. The average Bonchev–Trinajstić information content (AvgIpc) is 3.54. The molecule has 6 rings (SSSR count). The first-order valence-corrected chi connectivity index (χ1v) is 15.8. The van der Waals surface area contributed by atoms with Gasteiger partial charge in [0.25, 0.3) is 5.91 Å². The Bertz CT molecular complexity index is 1820. The number of amides is 1. The van der Waals surface area contributed by atoms with Gasteiger partial charge in [0.05, 0.1) is 16.8 Å². The number of hydrogen-bond acceptors (Lipinski definition) is 8. The zero-order valence-corrected chi connectivity index (χ0v) is 25.2. The number of pyridine rings is 1. The van der Waals surface area contributed by atoms with Gasteiger partial charge in [-0.1, -0.05) is 18.6 Å². The SMILES string of the molecule is CC(C)(C)OC(=O)n1c(-c2ccc(OS(=O)(=O)c3ccccn3)c3c2C(=O)NC3)cc2cc(CN3CCCCC3)ccc21. The molecule has 224 valence electrons. The van der Waals surface area contributed by atoms with Crippen molar-refractivity contribution in [3.05, 3.63) is 77.5 Å². The Kier molecular flexibility index (Phi) is 7.47. The van der Waals surface area contributed by atoms with Crippen LogP contribution in [0, 0.1) is 0 Å². The maximum Gasteiger partial charge on any atom is 0.419 e. The molecule has 43 heavy (non-hydrogen) atoms. The van der Waals surface area contributed by atoms with Crippen LogP contribution in [0.5, 0.6) is 5.75 Å². The van der Waals surface area contributed by atoms with Gasteiger partial charge in [-0.15, -0.1) is 0 Å². The lowest BCUT2D eigenvalue weighted by Gasteiger charge is -2.26. The Hall–Kier alpha value is -4.22. The molecule has 0 unspecified atom stereocenters. The highest BCUT2D eigenvalue weighted by Gasteiger charge is 2.32. The second-order valence-electron chi connectivity index (χ2n) is 11.9. The molecule has 1 saturated heterocycles. The highest BCUT2D eigenvalue weighted by atomic mass is 32.2. The van der Waals surface area contributed by atoms with E-state index in [4.69, 9.17) is 8.92 Å². The maximum absolute atomic E-state index is 13.6. The molecule has 2 aliphatic heterocycles. The molecule has 1 amide bonds. The van der Waals surface area contributed by atoms with Crippen molar-refractivity contribution < 1.29 is 26.9 Å². The van der Waals surface area contributed by atoms with Crippen molar-refractivity contribution in [2.75, 3.05) is 13.1 Å². The number of fused-ring (bicyclic) bond motifs is 2. The molecule has 1 fully saturated rings. The van der Waals surface area contributed by atoms with Crippen molar-refractivity contribution in [1.29, 1.82) is 0 Å². The lowest BCUT2D eigenvalue weighted by molar-refractivity contribution is 0.0547. The molecule has 4 aromatic rings. The van der Waals surface area contributed by atoms with Crippen molar-refractivity contribution in [2.24, 2.45) is 0 Å². The van der Waals surface area contributed by atoms with Crippen molar-refractivity contribution in [2.45, 2.75) is 63.8 Å². The van der Waals surface area contributed by atoms with Gasteiger partial charge in [0.2, 0.25) is 0 Å². The number of nitrogens with zero attached hydrogens (tertiary/aromatic N) is 3. The van der Waals surface area contributed by atoms with Crippen LogP contribution in [0.15, 0.2) is 65.8 Å². The van der Waals surface area contributed by atoms with Gasteiger partial charge in [0.15, 0.2) is 5.03 Å². The molecular formula is C32H34N4O6S. The molecule has 2 aromatic carbocycles. The van der Waals surface area contributed by atoms with Crippen LogP contribution < -0.4 is 9.50 Å². The molecule has 0 aliphatic carbocycles. The standard InChI is InChI=1S/C32H34N4O6S/c1-32(2,3)41-31(38)36-25-12-10-21(20-35-15-7-4-8-16-35)17-22(25)18-26(36)23-11-13-27(24-19-34-30(37)29(23)24)42-43(39,40)28-9-5-6-14-33-28/h5-6,9-14,17-18H,4,7-8,15-16,19-20H2,1-3H3,(H,34,37). The molecule has 2 aromatic heterocycles. The summed E-state index contributed by atoms with van der Waals surface area (Å²) in [5, 5.41) is 3.37. The van der Waals surface area contributed by atoms with E-state index in [0.717, 1.165) is 30.6 Å². The molecule has 0 bridgehead atoms. The van der Waals surface area contributed by atoms with Crippen LogP contribution in [-0.2, 0) is 27.9 Å². The van der Waals surface area contributed by atoms with E-state index in [9.17, 15) is 18.0 Å². The van der Waals surface area contributed by atoms with Crippen LogP contribution >= 0.6 is 0 Å². The summed E-state index contributed by atoms with van der Waals surface area (Å²) in [5.41, 5.74) is 2.59. The lowest BCUT2D eigenvalue weighted by Crippen LogP contribution is -2.29. The number of aromatic nitrogens is 2. The van der Waals surface area contributed by atoms with E-state index < -0.39 is 27.7 Å². The molecule has 0 spiro atoms. The van der Waals surface area contributed by atoms with Crippen LogP contribution in [0.25, 0.3) is 22.2 Å². The van der Waals surface area contributed by atoms with Gasteiger partial charge in [-0.05, 0) is 94.7 Å². The molecule has 2 aliphatic rings. The highest BCUT2D eigenvalue weighted by Crippen LogP contribution is 2.39. The summed E-state index contributed by atoms with van der Waals surface area (Å²) in [6.07, 6.45) is 4.43. The number of piperidine rings is 1. The summed E-state index contributed by atoms with van der Waals surface area (Å²) in [6, 6.07) is 15.5. The Morgan fingerprint density at radius 3 is 2.53 bits per heavy atom. The van der Waals surface area contributed by atoms with Crippen LogP contribution in [0.1, 0.15) is 61.5 Å². The molecular weight excluding hydrogens is 568 g/mol. The zero-order chi connectivity index (χ0) is 30.4. The fourth-order valence-corrected chi connectivity index (χ4v) is 6.62. The lowest BCUT2D eigenvalue weighted by atomic mass is 9.99. The summed E-state index contributed by atoms with van der Waals surface area (Å²) >= 11 is 0. The number of benzene rings is 2. The van der Waals surface area contributed by atoms with Crippen molar-refractivity contribution in [1.82, 2.24) is 19.8 Å². The Labute approximate surface area is 250 Å². The summed E-state index contributed by atoms with van der Waals surface area (Å²) in [4.78, 5) is 33.2. The summed E-state index contributed by atoms with van der Waals surface area (Å²) < 4.78 is 38.6. The molecule has 0 saturated carbocycles. The first-order valence-electron chi connectivity index (χ1n) is 14.4. The quantitative estimate of drug-likeness (QED) is 0.288. The largest absolute Gasteiger partial charge is 0.443 e. The zero-order valence-electron chi connectivity index (χ0n) is 24.4. The van der Waals surface area contributed by atoms with Crippen LogP contribution in [-0.4, -0.2) is 53.6 Å². The van der Waals surface area contributed by atoms with E-state index in [1.54, 1.807) is 39.0 Å². The van der Waals surface area contributed by atoms with E-state index in [0.29, 0.717) is 22.3 Å².